The van der Waals surface area contributed by atoms with Crippen LogP contribution in [0.5, 0.6) is 0 Å². The van der Waals surface area contributed by atoms with Crippen LogP contribution in [0, 0.1) is 0 Å². The maximum atomic E-state index is 5.42. The normalized spacial score (nSPS) is 24.4. The van der Waals surface area contributed by atoms with Gasteiger partial charge in [-0.15, -0.1) is 0 Å². The Morgan fingerprint density at radius 3 is 1.00 bits per heavy atom. The summed E-state index contributed by atoms with van der Waals surface area (Å²) in [7, 11) is 0. The summed E-state index contributed by atoms with van der Waals surface area (Å²) in [6, 6.07) is 18.5. The monoisotopic (exact) mass is 534 g/mol. The molecule has 6 heteroatoms. The van der Waals surface area contributed by atoms with Gasteiger partial charge in [-0.2, -0.15) is 0 Å². The summed E-state index contributed by atoms with van der Waals surface area (Å²) in [5, 5.41) is 0. The molecule has 4 saturated heterocycles. The first-order valence-electron chi connectivity index (χ1n) is 15.4. The Morgan fingerprint density at radius 2 is 0.744 bits per heavy atom. The molecule has 0 aliphatic carbocycles. The van der Waals surface area contributed by atoms with Gasteiger partial charge in [-0.3, -0.25) is 0 Å². The standard InChI is InChI=1S/C33H46N2O4/c1(5-30-22-36-30)17-34(18-2-6-31-23-37-31)28-13-9-26(10-14-28)21-27-11-15-29(16-12-27)35(19-3-7-32-24-38-32)20-4-8-33-25-39-33/h9-16,30-33H,1-8,17-25H2. The van der Waals surface area contributed by atoms with Crippen molar-refractivity contribution < 1.29 is 18.9 Å². The maximum Gasteiger partial charge on any atom is 0.0810 e. The van der Waals surface area contributed by atoms with Crippen LogP contribution in [0.4, 0.5) is 11.4 Å². The van der Waals surface area contributed by atoms with Gasteiger partial charge >= 0.3 is 0 Å². The van der Waals surface area contributed by atoms with Gasteiger partial charge in [0.1, 0.15) is 0 Å². The van der Waals surface area contributed by atoms with E-state index in [9.17, 15) is 0 Å². The quantitative estimate of drug-likeness (QED) is 0.206. The molecule has 4 heterocycles. The van der Waals surface area contributed by atoms with Crippen LogP contribution in [0.3, 0.4) is 0 Å². The molecule has 0 saturated carbocycles. The highest BCUT2D eigenvalue weighted by molar-refractivity contribution is 5.50. The van der Waals surface area contributed by atoms with Gasteiger partial charge in [0.05, 0.1) is 50.8 Å². The van der Waals surface area contributed by atoms with E-state index in [1.54, 1.807) is 0 Å². The molecule has 0 spiro atoms. The summed E-state index contributed by atoms with van der Waals surface area (Å²) < 4.78 is 21.7. The molecule has 0 N–H and O–H groups in total. The van der Waals surface area contributed by atoms with Crippen molar-refractivity contribution in [2.24, 2.45) is 0 Å². The molecule has 4 fully saturated rings. The number of benzene rings is 2. The van der Waals surface area contributed by atoms with Crippen molar-refractivity contribution in [3.63, 3.8) is 0 Å². The Morgan fingerprint density at radius 1 is 0.462 bits per heavy atom. The number of hydrogen-bond donors (Lipinski definition) is 0. The first-order chi connectivity index (χ1) is 19.3. The van der Waals surface area contributed by atoms with Crippen molar-refractivity contribution in [2.75, 3.05) is 62.4 Å². The summed E-state index contributed by atoms with van der Waals surface area (Å²) in [4.78, 5) is 5.12. The Hall–Kier alpha value is -2.12. The first kappa shape index (κ1) is 27.1. The Kier molecular flexibility index (Phi) is 9.36. The Bertz CT molecular complexity index is 880. The van der Waals surface area contributed by atoms with Crippen molar-refractivity contribution in [2.45, 2.75) is 82.2 Å². The van der Waals surface area contributed by atoms with E-state index >= 15 is 0 Å². The molecule has 4 aliphatic heterocycles. The molecule has 6 nitrogen and oxygen atoms in total. The van der Waals surface area contributed by atoms with E-state index < -0.39 is 0 Å². The predicted molar refractivity (Wildman–Crippen MR) is 156 cm³/mol. The van der Waals surface area contributed by atoms with E-state index in [4.69, 9.17) is 18.9 Å². The minimum Gasteiger partial charge on any atom is -0.373 e. The highest BCUT2D eigenvalue weighted by Gasteiger charge is 2.25. The van der Waals surface area contributed by atoms with Crippen LogP contribution in [0.15, 0.2) is 48.5 Å². The van der Waals surface area contributed by atoms with Crippen LogP contribution in [0.2, 0.25) is 0 Å². The molecule has 0 radical (unpaired) electrons. The van der Waals surface area contributed by atoms with Gasteiger partial charge in [-0.05, 0) is 93.2 Å². The molecule has 39 heavy (non-hydrogen) atoms. The Balaban J connectivity index is 1.01. The van der Waals surface area contributed by atoms with Gasteiger partial charge in [-0.25, -0.2) is 0 Å². The van der Waals surface area contributed by atoms with E-state index in [0.29, 0.717) is 24.4 Å². The van der Waals surface area contributed by atoms with Crippen LogP contribution in [-0.4, -0.2) is 77.0 Å². The second-order valence-electron chi connectivity index (χ2n) is 11.9. The minimum atomic E-state index is 0.516. The second kappa shape index (κ2) is 13.5. The highest BCUT2D eigenvalue weighted by atomic mass is 16.6. The average Bonchev–Trinajstić information content (AvgIpc) is 3.76. The van der Waals surface area contributed by atoms with Gasteiger partial charge in [0.15, 0.2) is 0 Å². The lowest BCUT2D eigenvalue weighted by Gasteiger charge is -2.25. The highest BCUT2D eigenvalue weighted by Crippen LogP contribution is 2.25. The molecule has 212 valence electrons. The number of ether oxygens (including phenoxy) is 4. The van der Waals surface area contributed by atoms with E-state index in [1.165, 1.54) is 73.9 Å². The molecule has 0 amide bonds. The zero-order chi connectivity index (χ0) is 26.3. The fourth-order valence-electron chi connectivity index (χ4n) is 5.60. The SMILES string of the molecule is c1cc(N(CCCC2CO2)CCCC2CO2)ccc1Cc1ccc(N(CCCC2CO2)CCCC2CO2)cc1. The number of rotatable bonds is 20. The molecule has 2 aromatic rings. The van der Waals surface area contributed by atoms with Gasteiger partial charge in [0.25, 0.3) is 0 Å². The fourth-order valence-corrected chi connectivity index (χ4v) is 5.60. The molecule has 4 aliphatic rings. The Labute approximate surface area is 234 Å². The zero-order valence-corrected chi connectivity index (χ0v) is 23.5. The van der Waals surface area contributed by atoms with E-state index in [0.717, 1.165) is 59.0 Å². The summed E-state index contributed by atoms with van der Waals surface area (Å²) in [5.74, 6) is 0. The smallest absolute Gasteiger partial charge is 0.0810 e. The van der Waals surface area contributed by atoms with Crippen LogP contribution < -0.4 is 9.80 Å². The molecular weight excluding hydrogens is 488 g/mol. The van der Waals surface area contributed by atoms with Crippen LogP contribution in [-0.2, 0) is 25.4 Å². The van der Waals surface area contributed by atoms with E-state index in [1.807, 2.05) is 0 Å². The third kappa shape index (κ3) is 9.49. The number of anilines is 2. The lowest BCUT2D eigenvalue weighted by Crippen LogP contribution is -2.26. The summed E-state index contributed by atoms with van der Waals surface area (Å²) in [6.07, 6.45) is 12.5. The van der Waals surface area contributed by atoms with Gasteiger partial charge in [0, 0.05) is 37.6 Å². The second-order valence-corrected chi connectivity index (χ2v) is 11.9. The van der Waals surface area contributed by atoms with Crippen LogP contribution in [0.25, 0.3) is 0 Å². The molecule has 0 aromatic heterocycles. The minimum absolute atomic E-state index is 0.516. The molecule has 2 aromatic carbocycles. The van der Waals surface area contributed by atoms with Crippen molar-refractivity contribution >= 4 is 11.4 Å². The lowest BCUT2D eigenvalue weighted by atomic mass is 10.0. The first-order valence-corrected chi connectivity index (χ1v) is 15.4. The van der Waals surface area contributed by atoms with Gasteiger partial charge in [0.2, 0.25) is 0 Å². The maximum absolute atomic E-state index is 5.42. The lowest BCUT2D eigenvalue weighted by molar-refractivity contribution is 0.387. The third-order valence-electron chi connectivity index (χ3n) is 8.44. The summed E-state index contributed by atoms with van der Waals surface area (Å²) in [5.41, 5.74) is 5.42. The van der Waals surface area contributed by atoms with Crippen molar-refractivity contribution in [1.29, 1.82) is 0 Å². The van der Waals surface area contributed by atoms with Crippen molar-refractivity contribution in [3.8, 4) is 0 Å². The third-order valence-corrected chi connectivity index (χ3v) is 8.44. The van der Waals surface area contributed by atoms with Crippen molar-refractivity contribution in [1.82, 2.24) is 0 Å². The fraction of sp³-hybridized carbons (Fsp3) is 0.636. The van der Waals surface area contributed by atoms with Crippen LogP contribution >= 0.6 is 0 Å². The van der Waals surface area contributed by atoms with E-state index in [2.05, 4.69) is 58.3 Å². The average molecular weight is 535 g/mol. The van der Waals surface area contributed by atoms with Crippen LogP contribution in [0.1, 0.15) is 62.5 Å². The zero-order valence-electron chi connectivity index (χ0n) is 23.5. The number of nitrogens with zero attached hydrogens (tertiary/aromatic N) is 2. The summed E-state index contributed by atoms with van der Waals surface area (Å²) >= 11 is 0. The molecule has 0 bridgehead atoms. The molecule has 4 atom stereocenters. The number of epoxide rings is 4. The summed E-state index contributed by atoms with van der Waals surface area (Å²) in [6.45, 7) is 8.23. The van der Waals surface area contributed by atoms with Gasteiger partial charge < -0.3 is 28.7 Å². The predicted octanol–water partition coefficient (Wildman–Crippen LogP) is 5.61. The van der Waals surface area contributed by atoms with Gasteiger partial charge in [-0.1, -0.05) is 24.3 Å². The molecule has 4 unspecified atom stereocenters. The van der Waals surface area contributed by atoms with Crippen molar-refractivity contribution in [3.05, 3.63) is 59.7 Å². The largest absolute Gasteiger partial charge is 0.373 e. The number of hydrogen-bond acceptors (Lipinski definition) is 6. The van der Waals surface area contributed by atoms with E-state index in [-0.39, 0.29) is 0 Å². The molecule has 6 rings (SSSR count). The topological polar surface area (TPSA) is 56.6 Å². The molecular formula is C33H46N2O4.